The quantitative estimate of drug-likeness (QED) is 0.748. The maximum atomic E-state index is 11.2. The SMILES string of the molecule is COCC(C)(C)CCC1(C)NCCC1C(=O)O. The van der Waals surface area contributed by atoms with Gasteiger partial charge in [-0.25, -0.2) is 0 Å². The van der Waals surface area contributed by atoms with E-state index in [0.717, 1.165) is 25.8 Å². The lowest BCUT2D eigenvalue weighted by atomic mass is 9.78. The van der Waals surface area contributed by atoms with Gasteiger partial charge < -0.3 is 15.2 Å². The molecule has 1 fully saturated rings. The first-order chi connectivity index (χ1) is 7.81. The third kappa shape index (κ3) is 3.68. The zero-order chi connectivity index (χ0) is 13.1. The standard InChI is InChI=1S/C13H25NO3/c1-12(2,9-17-4)6-7-13(3)10(11(15)16)5-8-14-13/h10,14H,5-9H2,1-4H3,(H,15,16). The van der Waals surface area contributed by atoms with Crippen molar-refractivity contribution in [1.29, 1.82) is 0 Å². The maximum absolute atomic E-state index is 11.2. The molecule has 17 heavy (non-hydrogen) atoms. The number of ether oxygens (including phenoxy) is 1. The summed E-state index contributed by atoms with van der Waals surface area (Å²) < 4.78 is 5.19. The van der Waals surface area contributed by atoms with E-state index in [9.17, 15) is 9.90 Å². The van der Waals surface area contributed by atoms with Gasteiger partial charge in [0.25, 0.3) is 0 Å². The highest BCUT2D eigenvalue weighted by Gasteiger charge is 2.43. The number of hydrogen-bond acceptors (Lipinski definition) is 3. The molecule has 100 valence electrons. The number of carboxylic acid groups (broad SMARTS) is 1. The molecule has 1 rings (SSSR count). The molecule has 4 nitrogen and oxygen atoms in total. The Morgan fingerprint density at radius 1 is 1.59 bits per heavy atom. The summed E-state index contributed by atoms with van der Waals surface area (Å²) in [6.07, 6.45) is 2.57. The molecule has 2 unspecified atom stereocenters. The van der Waals surface area contributed by atoms with E-state index < -0.39 is 5.97 Å². The van der Waals surface area contributed by atoms with Crippen molar-refractivity contribution in [3.63, 3.8) is 0 Å². The number of rotatable bonds is 6. The molecule has 0 aliphatic carbocycles. The van der Waals surface area contributed by atoms with Crippen molar-refractivity contribution in [1.82, 2.24) is 5.32 Å². The average molecular weight is 243 g/mol. The molecule has 0 radical (unpaired) electrons. The lowest BCUT2D eigenvalue weighted by Crippen LogP contribution is -2.45. The Kier molecular flexibility index (Phi) is 4.55. The number of hydrogen-bond donors (Lipinski definition) is 2. The van der Waals surface area contributed by atoms with E-state index in [4.69, 9.17) is 4.74 Å². The second-order valence-corrected chi connectivity index (χ2v) is 6.12. The topological polar surface area (TPSA) is 58.6 Å². The maximum Gasteiger partial charge on any atom is 0.308 e. The van der Waals surface area contributed by atoms with Crippen LogP contribution in [0.15, 0.2) is 0 Å². The molecule has 2 N–H and O–H groups in total. The lowest BCUT2D eigenvalue weighted by Gasteiger charge is -2.33. The molecule has 0 aromatic rings. The fourth-order valence-electron chi connectivity index (χ4n) is 2.66. The van der Waals surface area contributed by atoms with Crippen molar-refractivity contribution in [2.45, 2.75) is 45.6 Å². The summed E-state index contributed by atoms with van der Waals surface area (Å²) in [4.78, 5) is 11.2. The van der Waals surface area contributed by atoms with Gasteiger partial charge in [-0.3, -0.25) is 4.79 Å². The zero-order valence-electron chi connectivity index (χ0n) is 11.4. The van der Waals surface area contributed by atoms with Crippen LogP contribution in [0.4, 0.5) is 0 Å². The number of carbonyl (C=O) groups is 1. The summed E-state index contributed by atoms with van der Waals surface area (Å²) >= 11 is 0. The fraction of sp³-hybridized carbons (Fsp3) is 0.923. The van der Waals surface area contributed by atoms with E-state index in [1.165, 1.54) is 0 Å². The average Bonchev–Trinajstić information content (AvgIpc) is 2.58. The summed E-state index contributed by atoms with van der Waals surface area (Å²) in [5, 5.41) is 12.6. The van der Waals surface area contributed by atoms with Gasteiger partial charge in [0, 0.05) is 12.6 Å². The summed E-state index contributed by atoms with van der Waals surface area (Å²) in [6, 6.07) is 0. The van der Waals surface area contributed by atoms with Crippen LogP contribution in [0.2, 0.25) is 0 Å². The molecule has 4 heteroatoms. The second-order valence-electron chi connectivity index (χ2n) is 6.12. The molecule has 0 bridgehead atoms. The zero-order valence-corrected chi connectivity index (χ0v) is 11.4. The first kappa shape index (κ1) is 14.5. The third-order valence-corrected chi connectivity index (χ3v) is 3.89. The molecule has 1 aliphatic rings. The fourth-order valence-corrected chi connectivity index (χ4v) is 2.66. The summed E-state index contributed by atoms with van der Waals surface area (Å²) in [5.74, 6) is -0.942. The largest absolute Gasteiger partial charge is 0.481 e. The van der Waals surface area contributed by atoms with Crippen LogP contribution < -0.4 is 5.32 Å². The molecule has 0 aromatic carbocycles. The Morgan fingerprint density at radius 2 is 2.24 bits per heavy atom. The van der Waals surface area contributed by atoms with E-state index in [2.05, 4.69) is 19.2 Å². The Bertz CT molecular complexity index is 278. The van der Waals surface area contributed by atoms with Gasteiger partial charge in [0.2, 0.25) is 0 Å². The van der Waals surface area contributed by atoms with E-state index >= 15 is 0 Å². The van der Waals surface area contributed by atoms with Crippen molar-refractivity contribution in [3.05, 3.63) is 0 Å². The van der Waals surface area contributed by atoms with Gasteiger partial charge in [-0.05, 0) is 38.1 Å². The number of nitrogens with one attached hydrogen (secondary N) is 1. The molecule has 0 amide bonds. The van der Waals surface area contributed by atoms with Gasteiger partial charge in [0.1, 0.15) is 0 Å². The summed E-state index contributed by atoms with van der Waals surface area (Å²) in [7, 11) is 1.71. The van der Waals surface area contributed by atoms with Crippen molar-refractivity contribution in [2.75, 3.05) is 20.3 Å². The second kappa shape index (κ2) is 5.36. The van der Waals surface area contributed by atoms with E-state index in [1.54, 1.807) is 7.11 Å². The summed E-state index contributed by atoms with van der Waals surface area (Å²) in [5.41, 5.74) is -0.165. The molecule has 0 saturated carbocycles. The van der Waals surface area contributed by atoms with Gasteiger partial charge in [0.15, 0.2) is 0 Å². The smallest absolute Gasteiger partial charge is 0.308 e. The predicted octanol–water partition coefficient (Wildman–Crippen LogP) is 1.89. The number of carboxylic acids is 1. The van der Waals surface area contributed by atoms with E-state index in [1.807, 2.05) is 6.92 Å². The Labute approximate surface area is 104 Å². The van der Waals surface area contributed by atoms with Crippen LogP contribution >= 0.6 is 0 Å². The van der Waals surface area contributed by atoms with Crippen LogP contribution in [0.1, 0.15) is 40.0 Å². The Hall–Kier alpha value is -0.610. The molecule has 0 aromatic heterocycles. The van der Waals surface area contributed by atoms with Crippen molar-refractivity contribution >= 4 is 5.97 Å². The van der Waals surface area contributed by atoms with Crippen LogP contribution in [0.3, 0.4) is 0 Å². The van der Waals surface area contributed by atoms with Gasteiger partial charge in [0.05, 0.1) is 12.5 Å². The van der Waals surface area contributed by atoms with Gasteiger partial charge in [-0.1, -0.05) is 13.8 Å². The molecule has 1 aliphatic heterocycles. The van der Waals surface area contributed by atoms with E-state index in [0.29, 0.717) is 6.61 Å². The molecular formula is C13H25NO3. The van der Waals surface area contributed by atoms with Gasteiger partial charge >= 0.3 is 5.97 Å². The minimum absolute atomic E-state index is 0.102. The highest BCUT2D eigenvalue weighted by molar-refractivity contribution is 5.72. The third-order valence-electron chi connectivity index (χ3n) is 3.89. The lowest BCUT2D eigenvalue weighted by molar-refractivity contribution is -0.143. The van der Waals surface area contributed by atoms with Crippen molar-refractivity contribution < 1.29 is 14.6 Å². The van der Waals surface area contributed by atoms with Crippen LogP contribution in [0, 0.1) is 11.3 Å². The van der Waals surface area contributed by atoms with E-state index in [-0.39, 0.29) is 16.9 Å². The van der Waals surface area contributed by atoms with Crippen molar-refractivity contribution in [2.24, 2.45) is 11.3 Å². The highest BCUT2D eigenvalue weighted by Crippen LogP contribution is 2.35. The van der Waals surface area contributed by atoms with Crippen LogP contribution in [0.25, 0.3) is 0 Å². The Morgan fingerprint density at radius 3 is 2.76 bits per heavy atom. The first-order valence-corrected chi connectivity index (χ1v) is 6.27. The molecular weight excluding hydrogens is 218 g/mol. The number of aliphatic carboxylic acids is 1. The summed E-state index contributed by atoms with van der Waals surface area (Å²) in [6.45, 7) is 7.86. The molecule has 2 atom stereocenters. The molecule has 1 heterocycles. The van der Waals surface area contributed by atoms with Gasteiger partial charge in [-0.2, -0.15) is 0 Å². The normalized spacial score (nSPS) is 29.5. The highest BCUT2D eigenvalue weighted by atomic mass is 16.5. The Balaban J connectivity index is 2.57. The minimum atomic E-state index is -0.679. The van der Waals surface area contributed by atoms with Crippen LogP contribution in [-0.4, -0.2) is 36.9 Å². The van der Waals surface area contributed by atoms with Gasteiger partial charge in [-0.15, -0.1) is 0 Å². The number of methoxy groups -OCH3 is 1. The monoisotopic (exact) mass is 243 g/mol. The van der Waals surface area contributed by atoms with Crippen LogP contribution in [-0.2, 0) is 9.53 Å². The van der Waals surface area contributed by atoms with Crippen molar-refractivity contribution in [3.8, 4) is 0 Å². The minimum Gasteiger partial charge on any atom is -0.481 e. The molecule has 1 saturated heterocycles. The first-order valence-electron chi connectivity index (χ1n) is 6.27. The van der Waals surface area contributed by atoms with Crippen LogP contribution in [0.5, 0.6) is 0 Å². The molecule has 0 spiro atoms. The predicted molar refractivity (Wildman–Crippen MR) is 67.0 cm³/mol.